The van der Waals surface area contributed by atoms with E-state index in [1.165, 1.54) is 12.3 Å². The third-order valence-corrected chi connectivity index (χ3v) is 2.69. The number of alkyl halides is 1. The Kier molecular flexibility index (Phi) is 5.61. The van der Waals surface area contributed by atoms with Crippen molar-refractivity contribution in [1.82, 2.24) is 9.55 Å². The maximum Gasteiger partial charge on any atom is 0.350 e. The van der Waals surface area contributed by atoms with Crippen molar-refractivity contribution in [2.45, 2.75) is 19.1 Å². The molecule has 0 aliphatic heterocycles. The Morgan fingerprint density at radius 2 is 2.26 bits per heavy atom. The van der Waals surface area contributed by atoms with Crippen LogP contribution >= 0.6 is 7.60 Å². The topological polar surface area (TPSA) is 128 Å². The number of aromatic nitrogens is 2. The van der Waals surface area contributed by atoms with E-state index >= 15 is 0 Å². The maximum absolute atomic E-state index is 12.3. The molecule has 10 heteroatoms. The highest BCUT2D eigenvalue weighted by molar-refractivity contribution is 7.51. The van der Waals surface area contributed by atoms with E-state index in [0.29, 0.717) is 0 Å². The molecule has 19 heavy (non-hydrogen) atoms. The summed E-state index contributed by atoms with van der Waals surface area (Å²) in [5.41, 5.74) is 4.68. The van der Waals surface area contributed by atoms with Crippen molar-refractivity contribution < 1.29 is 23.5 Å². The van der Waals surface area contributed by atoms with Crippen LogP contribution in [0, 0.1) is 0 Å². The Balaban J connectivity index is 2.72. The fraction of sp³-hybridized carbons (Fsp3) is 0.556. The van der Waals surface area contributed by atoms with Gasteiger partial charge in [0.1, 0.15) is 12.2 Å². The monoisotopic (exact) mass is 295 g/mol. The zero-order valence-electron chi connectivity index (χ0n) is 9.98. The first kappa shape index (κ1) is 15.8. The summed E-state index contributed by atoms with van der Waals surface area (Å²) in [6.45, 7) is -0.793. The van der Waals surface area contributed by atoms with Crippen LogP contribution in [-0.2, 0) is 15.8 Å². The fourth-order valence-corrected chi connectivity index (χ4v) is 1.76. The molecule has 0 saturated heterocycles. The normalized spacial score (nSPS) is 13.4. The highest BCUT2D eigenvalue weighted by Gasteiger charge is 2.18. The molecule has 1 aromatic heterocycles. The second-order valence-corrected chi connectivity index (χ2v) is 5.44. The molecule has 0 spiro atoms. The van der Waals surface area contributed by atoms with Crippen molar-refractivity contribution >= 4 is 13.4 Å². The van der Waals surface area contributed by atoms with Crippen LogP contribution in [0.1, 0.15) is 6.42 Å². The molecular formula is C9H15FN3O5P. The summed E-state index contributed by atoms with van der Waals surface area (Å²) in [4.78, 5) is 32.3. The molecule has 0 saturated carbocycles. The molecule has 1 rings (SSSR count). The number of nitrogens with two attached hydrogens (primary N) is 1. The minimum absolute atomic E-state index is 0.0550. The van der Waals surface area contributed by atoms with Gasteiger partial charge >= 0.3 is 13.3 Å². The van der Waals surface area contributed by atoms with Crippen molar-refractivity contribution in [2.75, 3.05) is 18.8 Å². The van der Waals surface area contributed by atoms with Crippen molar-refractivity contribution in [3.05, 3.63) is 22.7 Å². The molecule has 0 radical (unpaired) electrons. The van der Waals surface area contributed by atoms with Gasteiger partial charge in [-0.25, -0.2) is 4.79 Å². The zero-order valence-corrected chi connectivity index (χ0v) is 10.9. The summed E-state index contributed by atoms with van der Waals surface area (Å²) >= 11 is 0. The SMILES string of the molecule is Nc1ccn(C[C@H](CCF)OCP(=O)(O)O)c(=O)n1. The van der Waals surface area contributed by atoms with Crippen molar-refractivity contribution in [3.63, 3.8) is 0 Å². The fourth-order valence-electron chi connectivity index (χ4n) is 1.35. The van der Waals surface area contributed by atoms with E-state index in [1.54, 1.807) is 0 Å². The third kappa shape index (κ3) is 5.93. The minimum atomic E-state index is -4.34. The summed E-state index contributed by atoms with van der Waals surface area (Å²) < 4.78 is 29.1. The first-order valence-corrected chi connectivity index (χ1v) is 7.16. The van der Waals surface area contributed by atoms with Crippen LogP contribution in [-0.4, -0.2) is 38.5 Å². The molecule has 0 aliphatic carbocycles. The van der Waals surface area contributed by atoms with Gasteiger partial charge in [-0.15, -0.1) is 0 Å². The smallest absolute Gasteiger partial charge is 0.350 e. The van der Waals surface area contributed by atoms with Crippen molar-refractivity contribution in [2.24, 2.45) is 0 Å². The summed E-state index contributed by atoms with van der Waals surface area (Å²) in [7, 11) is -4.34. The number of nitrogen functional groups attached to an aromatic ring is 1. The summed E-state index contributed by atoms with van der Waals surface area (Å²) in [5.74, 6) is 0.0550. The predicted octanol–water partition coefficient (Wildman–Crippen LogP) is -0.295. The summed E-state index contributed by atoms with van der Waals surface area (Å²) in [6, 6.07) is 1.39. The number of anilines is 1. The number of halogens is 1. The molecule has 0 aliphatic rings. The minimum Gasteiger partial charge on any atom is -0.383 e. The molecule has 1 atom stereocenters. The van der Waals surface area contributed by atoms with E-state index < -0.39 is 32.4 Å². The van der Waals surface area contributed by atoms with Crippen LogP contribution < -0.4 is 11.4 Å². The van der Waals surface area contributed by atoms with Crippen LogP contribution in [0.2, 0.25) is 0 Å². The van der Waals surface area contributed by atoms with Gasteiger partial charge in [0.25, 0.3) is 0 Å². The quantitative estimate of drug-likeness (QED) is 0.589. The van der Waals surface area contributed by atoms with Gasteiger partial charge in [0.15, 0.2) is 0 Å². The number of rotatable bonds is 7. The molecule has 1 aromatic rings. The highest BCUT2D eigenvalue weighted by atomic mass is 31.2. The van der Waals surface area contributed by atoms with Crippen LogP contribution in [0.25, 0.3) is 0 Å². The molecule has 1 heterocycles. The van der Waals surface area contributed by atoms with E-state index in [1.807, 2.05) is 0 Å². The molecule has 4 N–H and O–H groups in total. The van der Waals surface area contributed by atoms with Gasteiger partial charge in [-0.3, -0.25) is 13.5 Å². The van der Waals surface area contributed by atoms with Crippen LogP contribution in [0.15, 0.2) is 17.1 Å². The first-order chi connectivity index (χ1) is 8.81. The van der Waals surface area contributed by atoms with Gasteiger partial charge in [-0.05, 0) is 6.07 Å². The van der Waals surface area contributed by atoms with Gasteiger partial charge in [-0.2, -0.15) is 4.98 Å². The first-order valence-electron chi connectivity index (χ1n) is 5.37. The lowest BCUT2D eigenvalue weighted by Gasteiger charge is -2.18. The highest BCUT2D eigenvalue weighted by Crippen LogP contribution is 2.34. The average molecular weight is 295 g/mol. The lowest BCUT2D eigenvalue weighted by molar-refractivity contribution is 0.0503. The molecule has 8 nitrogen and oxygen atoms in total. The molecular weight excluding hydrogens is 280 g/mol. The Labute approximate surface area is 108 Å². The van der Waals surface area contributed by atoms with Gasteiger partial charge in [-0.1, -0.05) is 0 Å². The Hall–Kier alpha value is -1.28. The van der Waals surface area contributed by atoms with Crippen molar-refractivity contribution in [1.29, 1.82) is 0 Å². The predicted molar refractivity (Wildman–Crippen MR) is 65.3 cm³/mol. The van der Waals surface area contributed by atoms with Crippen molar-refractivity contribution in [3.8, 4) is 0 Å². The van der Waals surface area contributed by atoms with Crippen LogP contribution in [0.5, 0.6) is 0 Å². The lowest BCUT2D eigenvalue weighted by Crippen LogP contribution is -2.30. The number of ether oxygens (including phenoxy) is 1. The molecule has 0 bridgehead atoms. The van der Waals surface area contributed by atoms with Gasteiger partial charge < -0.3 is 20.3 Å². The lowest BCUT2D eigenvalue weighted by atomic mass is 10.2. The second-order valence-electron chi connectivity index (χ2n) is 3.85. The van der Waals surface area contributed by atoms with Gasteiger partial charge in [0, 0.05) is 12.6 Å². The standard InChI is InChI=1S/C9H15FN3O5P/c10-3-1-7(18-6-19(15,16)17)5-13-4-2-8(11)12-9(13)14/h2,4,7H,1,3,5-6H2,(H2,11,12,14)(H2,15,16,17)/t7-/m0/s1. The van der Waals surface area contributed by atoms with Gasteiger partial charge in [0.05, 0.1) is 19.3 Å². The van der Waals surface area contributed by atoms with E-state index in [-0.39, 0.29) is 18.8 Å². The summed E-state index contributed by atoms with van der Waals surface area (Å²) in [5, 5.41) is 0. The molecule has 108 valence electrons. The average Bonchev–Trinajstić information content (AvgIpc) is 2.28. The van der Waals surface area contributed by atoms with E-state index in [0.717, 1.165) is 4.57 Å². The van der Waals surface area contributed by atoms with E-state index in [4.69, 9.17) is 20.3 Å². The van der Waals surface area contributed by atoms with Gasteiger partial charge in [0.2, 0.25) is 0 Å². The molecule has 0 fully saturated rings. The number of hydrogen-bond donors (Lipinski definition) is 3. The number of nitrogens with zero attached hydrogens (tertiary/aromatic N) is 2. The molecule has 0 aromatic carbocycles. The molecule has 0 unspecified atom stereocenters. The third-order valence-electron chi connectivity index (χ3n) is 2.21. The Morgan fingerprint density at radius 1 is 1.58 bits per heavy atom. The summed E-state index contributed by atoms with van der Waals surface area (Å²) in [6.07, 6.45) is -0.386. The number of hydrogen-bond acceptors (Lipinski definition) is 5. The van der Waals surface area contributed by atoms with E-state index in [2.05, 4.69) is 4.98 Å². The van der Waals surface area contributed by atoms with Crippen LogP contribution in [0.4, 0.5) is 10.2 Å². The van der Waals surface area contributed by atoms with Crippen LogP contribution in [0.3, 0.4) is 0 Å². The molecule has 0 amide bonds. The second kappa shape index (κ2) is 6.76. The Bertz CT molecular complexity index is 517. The maximum atomic E-state index is 12.3. The van der Waals surface area contributed by atoms with E-state index in [9.17, 15) is 13.8 Å². The zero-order chi connectivity index (χ0) is 14.5. The largest absolute Gasteiger partial charge is 0.383 e. The Morgan fingerprint density at radius 3 is 2.79 bits per heavy atom.